The van der Waals surface area contributed by atoms with Gasteiger partial charge in [-0.05, 0) is 53.7 Å². The van der Waals surface area contributed by atoms with Crippen molar-refractivity contribution in [2.75, 3.05) is 21.3 Å². The Hall–Kier alpha value is -2.71. The molecule has 0 spiro atoms. The zero-order valence-corrected chi connectivity index (χ0v) is 16.8. The van der Waals surface area contributed by atoms with E-state index in [2.05, 4.69) is 10.3 Å². The largest absolute Gasteiger partial charge is 0.493 e. The molecule has 1 fully saturated rings. The molecule has 1 heterocycles. The van der Waals surface area contributed by atoms with E-state index in [-0.39, 0.29) is 10.9 Å². The number of rotatable bonds is 5. The van der Waals surface area contributed by atoms with Gasteiger partial charge in [0.05, 0.1) is 36.9 Å². The Morgan fingerprint density at radius 2 is 1.79 bits per heavy atom. The van der Waals surface area contributed by atoms with Gasteiger partial charge in [0.15, 0.2) is 16.7 Å². The number of halogens is 2. The molecule has 146 valence electrons. The van der Waals surface area contributed by atoms with E-state index in [4.69, 9.17) is 25.8 Å². The number of methoxy groups -OCH3 is 3. The molecule has 6 nitrogen and oxygen atoms in total. The van der Waals surface area contributed by atoms with Crippen molar-refractivity contribution in [2.24, 2.45) is 4.99 Å². The Balaban J connectivity index is 1.90. The maximum absolute atomic E-state index is 13.3. The van der Waals surface area contributed by atoms with Crippen LogP contribution < -0.4 is 19.5 Å². The molecule has 3 rings (SSSR count). The first-order valence-corrected chi connectivity index (χ1v) is 9.19. The normalized spacial score (nSPS) is 16.4. The minimum Gasteiger partial charge on any atom is -0.493 e. The number of aliphatic imine (C=N–C) groups is 1. The fourth-order valence-corrected chi connectivity index (χ4v) is 3.51. The van der Waals surface area contributed by atoms with Gasteiger partial charge in [0.2, 0.25) is 5.75 Å². The van der Waals surface area contributed by atoms with E-state index >= 15 is 0 Å². The number of carbonyl (C=O) groups is 1. The molecule has 1 saturated heterocycles. The quantitative estimate of drug-likeness (QED) is 0.723. The molecule has 2 aromatic carbocycles. The van der Waals surface area contributed by atoms with Crippen molar-refractivity contribution >= 4 is 46.2 Å². The van der Waals surface area contributed by atoms with Crippen molar-refractivity contribution < 1.29 is 23.4 Å². The van der Waals surface area contributed by atoms with E-state index < -0.39 is 5.82 Å². The second-order valence-electron chi connectivity index (χ2n) is 5.54. The van der Waals surface area contributed by atoms with Gasteiger partial charge in [0.1, 0.15) is 5.82 Å². The highest BCUT2D eigenvalue weighted by molar-refractivity contribution is 8.18. The van der Waals surface area contributed by atoms with Gasteiger partial charge in [-0.15, -0.1) is 0 Å². The summed E-state index contributed by atoms with van der Waals surface area (Å²) < 4.78 is 29.2. The summed E-state index contributed by atoms with van der Waals surface area (Å²) in [6.45, 7) is 0. The third kappa shape index (κ3) is 4.23. The number of nitrogens with zero attached hydrogens (tertiary/aromatic N) is 1. The van der Waals surface area contributed by atoms with Crippen LogP contribution in [0, 0.1) is 5.82 Å². The van der Waals surface area contributed by atoms with Crippen LogP contribution >= 0.6 is 23.4 Å². The standard InChI is InChI=1S/C19H16ClFN2O4S/c1-25-14-6-10(7-15(26-2)17(14)27-3)8-16-18(24)23-19(28-16)22-11-4-5-13(21)12(20)9-11/h4-9H,1-3H3,(H,22,23,24)/b16-8-. The lowest BCUT2D eigenvalue weighted by molar-refractivity contribution is -0.115. The summed E-state index contributed by atoms with van der Waals surface area (Å²) in [7, 11) is 4.55. The minimum absolute atomic E-state index is 0.0376. The predicted molar refractivity (Wildman–Crippen MR) is 108 cm³/mol. The van der Waals surface area contributed by atoms with Crippen molar-refractivity contribution in [3.8, 4) is 17.2 Å². The van der Waals surface area contributed by atoms with Crippen molar-refractivity contribution in [3.63, 3.8) is 0 Å². The van der Waals surface area contributed by atoms with Gasteiger partial charge in [0, 0.05) is 0 Å². The SMILES string of the molecule is COc1cc(/C=C2\SC(=Nc3ccc(F)c(Cl)c3)NC2=O)cc(OC)c1OC. The van der Waals surface area contributed by atoms with E-state index in [0.29, 0.717) is 38.6 Å². The Kier molecular flexibility index (Phi) is 6.11. The van der Waals surface area contributed by atoms with E-state index in [1.165, 1.54) is 39.5 Å². The van der Waals surface area contributed by atoms with Crippen molar-refractivity contribution in [1.82, 2.24) is 5.32 Å². The molecule has 2 aromatic rings. The third-order valence-corrected chi connectivity index (χ3v) is 4.97. The minimum atomic E-state index is -0.531. The van der Waals surface area contributed by atoms with Crippen LogP contribution in [0.5, 0.6) is 17.2 Å². The number of nitrogens with one attached hydrogen (secondary N) is 1. The summed E-state index contributed by atoms with van der Waals surface area (Å²) in [4.78, 5) is 17.0. The van der Waals surface area contributed by atoms with Crippen LogP contribution in [0.3, 0.4) is 0 Å². The summed E-state index contributed by atoms with van der Waals surface area (Å²) in [5.74, 6) is 0.590. The summed E-state index contributed by atoms with van der Waals surface area (Å²) in [6.07, 6.45) is 1.69. The molecule has 9 heteroatoms. The Bertz CT molecular complexity index is 969. The Labute approximate surface area is 170 Å². The van der Waals surface area contributed by atoms with Gasteiger partial charge >= 0.3 is 0 Å². The van der Waals surface area contributed by atoms with E-state index in [1.54, 1.807) is 18.2 Å². The van der Waals surface area contributed by atoms with Crippen LogP contribution in [0.1, 0.15) is 5.56 Å². The number of amides is 1. The number of ether oxygens (including phenoxy) is 3. The van der Waals surface area contributed by atoms with Crippen LogP contribution in [0.25, 0.3) is 6.08 Å². The highest BCUT2D eigenvalue weighted by Crippen LogP contribution is 2.39. The molecular formula is C19H16ClFN2O4S. The molecule has 28 heavy (non-hydrogen) atoms. The molecule has 1 aliphatic heterocycles. The van der Waals surface area contributed by atoms with Crippen LogP contribution in [0.2, 0.25) is 5.02 Å². The molecular weight excluding hydrogens is 407 g/mol. The van der Waals surface area contributed by atoms with Crippen LogP contribution in [-0.4, -0.2) is 32.4 Å². The summed E-state index contributed by atoms with van der Waals surface area (Å²) in [5.41, 5.74) is 1.13. The molecule has 0 atom stereocenters. The molecule has 0 unspecified atom stereocenters. The lowest BCUT2D eigenvalue weighted by atomic mass is 10.1. The first-order chi connectivity index (χ1) is 13.4. The lowest BCUT2D eigenvalue weighted by Crippen LogP contribution is -2.19. The second-order valence-corrected chi connectivity index (χ2v) is 6.98. The number of carbonyl (C=O) groups excluding carboxylic acids is 1. The molecule has 0 radical (unpaired) electrons. The number of amidine groups is 1. The molecule has 0 bridgehead atoms. The van der Waals surface area contributed by atoms with Crippen LogP contribution in [0.4, 0.5) is 10.1 Å². The molecule has 0 aromatic heterocycles. The molecule has 1 N–H and O–H groups in total. The highest BCUT2D eigenvalue weighted by atomic mass is 35.5. The Morgan fingerprint density at radius 1 is 1.11 bits per heavy atom. The number of hydrogen-bond donors (Lipinski definition) is 1. The maximum atomic E-state index is 13.3. The smallest absolute Gasteiger partial charge is 0.264 e. The fourth-order valence-electron chi connectivity index (χ4n) is 2.49. The average molecular weight is 423 g/mol. The van der Waals surface area contributed by atoms with Gasteiger partial charge < -0.3 is 19.5 Å². The monoisotopic (exact) mass is 422 g/mol. The fraction of sp³-hybridized carbons (Fsp3) is 0.158. The van der Waals surface area contributed by atoms with Crippen molar-refractivity contribution in [2.45, 2.75) is 0 Å². The van der Waals surface area contributed by atoms with E-state index in [0.717, 1.165) is 11.8 Å². The Morgan fingerprint density at radius 3 is 2.36 bits per heavy atom. The average Bonchev–Trinajstić information content (AvgIpc) is 3.02. The molecule has 0 saturated carbocycles. The predicted octanol–water partition coefficient (Wildman–Crippen LogP) is 4.40. The summed E-state index contributed by atoms with van der Waals surface area (Å²) >= 11 is 6.92. The van der Waals surface area contributed by atoms with E-state index in [9.17, 15) is 9.18 Å². The van der Waals surface area contributed by atoms with Gasteiger partial charge in [-0.25, -0.2) is 9.38 Å². The van der Waals surface area contributed by atoms with Gasteiger partial charge in [-0.1, -0.05) is 11.6 Å². The van der Waals surface area contributed by atoms with Crippen molar-refractivity contribution in [1.29, 1.82) is 0 Å². The van der Waals surface area contributed by atoms with Gasteiger partial charge in [-0.3, -0.25) is 4.79 Å². The molecule has 1 amide bonds. The van der Waals surface area contributed by atoms with E-state index in [1.807, 2.05) is 0 Å². The van der Waals surface area contributed by atoms with Crippen LogP contribution in [0.15, 0.2) is 40.2 Å². The second kappa shape index (κ2) is 8.53. The number of benzene rings is 2. The van der Waals surface area contributed by atoms with Crippen LogP contribution in [-0.2, 0) is 4.79 Å². The molecule has 0 aliphatic carbocycles. The number of hydrogen-bond acceptors (Lipinski definition) is 6. The van der Waals surface area contributed by atoms with Gasteiger partial charge in [-0.2, -0.15) is 0 Å². The first kappa shape index (κ1) is 20.0. The first-order valence-electron chi connectivity index (χ1n) is 7.99. The maximum Gasteiger partial charge on any atom is 0.264 e. The zero-order chi connectivity index (χ0) is 20.3. The molecule has 1 aliphatic rings. The number of thioether (sulfide) groups is 1. The highest BCUT2D eigenvalue weighted by Gasteiger charge is 2.24. The third-order valence-electron chi connectivity index (χ3n) is 3.77. The summed E-state index contributed by atoms with van der Waals surface area (Å²) in [5, 5.41) is 3.00. The van der Waals surface area contributed by atoms with Crippen molar-refractivity contribution in [3.05, 3.63) is 51.6 Å². The zero-order valence-electron chi connectivity index (χ0n) is 15.2. The summed E-state index contributed by atoms with van der Waals surface area (Å²) in [6, 6.07) is 7.54. The van der Waals surface area contributed by atoms with Gasteiger partial charge in [0.25, 0.3) is 5.91 Å². The lowest BCUT2D eigenvalue weighted by Gasteiger charge is -2.12. The topological polar surface area (TPSA) is 69.2 Å².